The van der Waals surface area contributed by atoms with Gasteiger partial charge in [0.25, 0.3) is 7.82 Å². The Balaban J connectivity index is 2.47. The normalized spacial score (nSPS) is 20.4. The highest BCUT2D eigenvalue weighted by molar-refractivity contribution is 7.45. The molecule has 1 heterocycles. The lowest BCUT2D eigenvalue weighted by Gasteiger charge is -2.36. The Kier molecular flexibility index (Phi) is 34.4. The van der Waals surface area contributed by atoms with Gasteiger partial charge in [-0.05, 0) is 32.1 Å². The zero-order valence-corrected chi connectivity index (χ0v) is 40.5. The summed E-state index contributed by atoms with van der Waals surface area (Å²) in [4.78, 5) is 37.9. The predicted octanol–water partition coefficient (Wildman–Crippen LogP) is 9.39. The molecule has 1 fully saturated rings. The van der Waals surface area contributed by atoms with Crippen LogP contribution >= 0.6 is 7.82 Å². The number of carbonyl (C=O) groups excluding carboxylic acids is 2. The molecule has 0 amide bonds. The van der Waals surface area contributed by atoms with Gasteiger partial charge < -0.3 is 48.0 Å². The highest BCUT2D eigenvalue weighted by Crippen LogP contribution is 2.38. The molecule has 0 aromatic heterocycles. The number of ether oxygens (including phenoxy) is 3. The first kappa shape index (κ1) is 58.3. The van der Waals surface area contributed by atoms with Crippen LogP contribution in [0.2, 0.25) is 0 Å². The molecule has 0 saturated carbocycles. The van der Waals surface area contributed by atoms with Gasteiger partial charge in [-0.1, -0.05) is 160 Å². The maximum atomic E-state index is 12.8. The number of aliphatic hydroxyl groups is 3. The van der Waals surface area contributed by atoms with Gasteiger partial charge in [0.15, 0.2) is 12.4 Å². The Bertz CT molecular complexity index is 1230. The third-order valence-corrected chi connectivity index (χ3v) is 12.2. The molecule has 62 heavy (non-hydrogen) atoms. The molecule has 7 atom stereocenters. The molecule has 0 radical (unpaired) electrons. The summed E-state index contributed by atoms with van der Waals surface area (Å²) in [7, 11) is 1.02. The third-order valence-electron chi connectivity index (χ3n) is 11.3. The summed E-state index contributed by atoms with van der Waals surface area (Å²) in [5.41, 5.74) is 0. The summed E-state index contributed by atoms with van der Waals surface area (Å²) < 4.78 is 39.6. The van der Waals surface area contributed by atoms with Crippen molar-refractivity contribution in [1.82, 2.24) is 0 Å². The highest BCUT2D eigenvalue weighted by Gasteiger charge is 2.35. The van der Waals surface area contributed by atoms with E-state index in [0.717, 1.165) is 38.5 Å². The lowest BCUT2D eigenvalue weighted by molar-refractivity contribution is -0.870. The number of nitrogens with zero attached hydrogens (tertiary/aromatic N) is 1. The second-order valence-electron chi connectivity index (χ2n) is 18.4. The Hall–Kier alpha value is -1.67. The summed E-state index contributed by atoms with van der Waals surface area (Å²) in [6.45, 7) is 3.83. The Morgan fingerprint density at radius 2 is 1.31 bits per heavy atom. The SMILES string of the molecule is CCCCCCCCCCCCCCCCCCCC(=O)O[C@H](COC(=O)CCC/C=C\C[C@H]1[C@@H](O)CC(O)O[C@@H]1/C=C/[C@@H](O)CCCCC)COP(=O)([O-])OCC[N+](C)(C)C. The maximum absolute atomic E-state index is 12.8. The van der Waals surface area contributed by atoms with Gasteiger partial charge in [0, 0.05) is 25.2 Å². The van der Waals surface area contributed by atoms with Gasteiger partial charge in [0.1, 0.15) is 19.8 Å². The van der Waals surface area contributed by atoms with Crippen molar-refractivity contribution >= 4 is 19.8 Å². The molecule has 1 aliphatic rings. The molecule has 0 aromatic rings. The molecule has 13 nitrogen and oxygen atoms in total. The first-order valence-corrected chi connectivity index (χ1v) is 25.9. The highest BCUT2D eigenvalue weighted by atomic mass is 31.2. The summed E-state index contributed by atoms with van der Waals surface area (Å²) in [6.07, 6.45) is 29.6. The quantitative estimate of drug-likeness (QED) is 0.0175. The summed E-state index contributed by atoms with van der Waals surface area (Å²) in [6, 6.07) is 0. The van der Waals surface area contributed by atoms with Crippen molar-refractivity contribution in [3.05, 3.63) is 24.3 Å². The topological polar surface area (TPSA) is 181 Å². The molecule has 364 valence electrons. The van der Waals surface area contributed by atoms with Crippen LogP contribution in [0.3, 0.4) is 0 Å². The molecule has 1 saturated heterocycles. The van der Waals surface area contributed by atoms with Crippen molar-refractivity contribution < 1.29 is 62.1 Å². The Labute approximate surface area is 376 Å². The van der Waals surface area contributed by atoms with Crippen molar-refractivity contribution in [3.8, 4) is 0 Å². The van der Waals surface area contributed by atoms with E-state index in [9.17, 15) is 34.4 Å². The second-order valence-corrected chi connectivity index (χ2v) is 19.8. The van der Waals surface area contributed by atoms with Crippen LogP contribution in [0.15, 0.2) is 24.3 Å². The number of allylic oxidation sites excluding steroid dienone is 2. The van der Waals surface area contributed by atoms with E-state index in [1.807, 2.05) is 33.3 Å². The standard InChI is InChI=1S/C48H90NO12P/c1-6-8-10-11-12-13-14-15-16-17-18-19-20-21-22-23-29-33-47(53)60-42(40-59-62(55,56)58-37-36-49(3,4)5)39-57-46(52)32-28-25-24-27-31-43-44(51)38-48(54)61-45(43)35-34-41(50)30-26-9-7-2/h24,27,34-35,41-45,48,50-51,54H,6-23,25-26,28-33,36-40H2,1-5H3/b27-24-,35-34+/t41-,42+,43-,44-,45+,48?/m0/s1. The summed E-state index contributed by atoms with van der Waals surface area (Å²) >= 11 is 0. The van der Waals surface area contributed by atoms with Gasteiger partial charge in [-0.25, -0.2) is 0 Å². The van der Waals surface area contributed by atoms with Crippen LogP contribution in [0, 0.1) is 5.92 Å². The molecule has 2 unspecified atom stereocenters. The van der Waals surface area contributed by atoms with Gasteiger partial charge in [-0.2, -0.15) is 0 Å². The van der Waals surface area contributed by atoms with E-state index >= 15 is 0 Å². The number of phosphoric ester groups is 1. The van der Waals surface area contributed by atoms with Gasteiger partial charge >= 0.3 is 11.9 Å². The zero-order chi connectivity index (χ0) is 45.9. The lowest BCUT2D eigenvalue weighted by Crippen LogP contribution is -2.43. The van der Waals surface area contributed by atoms with Crippen molar-refractivity contribution in [2.75, 3.05) is 47.5 Å². The fraction of sp³-hybridized carbons (Fsp3) is 0.875. The maximum Gasteiger partial charge on any atom is 0.306 e. The molecule has 0 spiro atoms. The minimum atomic E-state index is -4.69. The van der Waals surface area contributed by atoms with E-state index in [1.54, 1.807) is 12.2 Å². The molecular weight excluding hydrogens is 813 g/mol. The first-order chi connectivity index (χ1) is 29.7. The van der Waals surface area contributed by atoms with Gasteiger partial charge in [0.05, 0.1) is 46.1 Å². The van der Waals surface area contributed by atoms with Crippen LogP contribution in [-0.4, -0.2) is 110 Å². The number of esters is 2. The van der Waals surface area contributed by atoms with E-state index < -0.39 is 57.1 Å². The van der Waals surface area contributed by atoms with Crippen LogP contribution in [-0.2, 0) is 37.4 Å². The van der Waals surface area contributed by atoms with Crippen molar-refractivity contribution in [1.29, 1.82) is 0 Å². The van der Waals surface area contributed by atoms with Crippen LogP contribution in [0.25, 0.3) is 0 Å². The number of phosphoric acid groups is 1. The molecule has 0 aromatic carbocycles. The predicted molar refractivity (Wildman–Crippen MR) is 244 cm³/mol. The first-order valence-electron chi connectivity index (χ1n) is 24.4. The summed E-state index contributed by atoms with van der Waals surface area (Å²) in [5, 5.41) is 31.0. The molecule has 1 rings (SSSR count). The van der Waals surface area contributed by atoms with E-state index in [0.29, 0.717) is 43.1 Å². The minimum absolute atomic E-state index is 0.0728. The molecule has 0 bridgehead atoms. The number of likely N-dealkylation sites (N-methyl/N-ethyl adjacent to an activating group) is 1. The number of hydrogen-bond donors (Lipinski definition) is 3. The summed E-state index contributed by atoms with van der Waals surface area (Å²) in [5.74, 6) is -1.33. The fourth-order valence-electron chi connectivity index (χ4n) is 7.34. The fourth-order valence-corrected chi connectivity index (χ4v) is 8.07. The van der Waals surface area contributed by atoms with Gasteiger partial charge in [-0.15, -0.1) is 0 Å². The number of carbonyl (C=O) groups is 2. The molecule has 14 heteroatoms. The van der Waals surface area contributed by atoms with Crippen LogP contribution in [0.1, 0.15) is 187 Å². The number of hydrogen-bond acceptors (Lipinski definition) is 12. The smallest absolute Gasteiger partial charge is 0.306 e. The monoisotopic (exact) mass is 904 g/mol. The van der Waals surface area contributed by atoms with Gasteiger partial charge in [-0.3, -0.25) is 14.2 Å². The number of unbranched alkanes of at least 4 members (excludes halogenated alkanes) is 19. The third kappa shape index (κ3) is 33.8. The van der Waals surface area contributed by atoms with Crippen molar-refractivity contribution in [2.24, 2.45) is 5.92 Å². The minimum Gasteiger partial charge on any atom is -0.756 e. The molecule has 0 aliphatic carbocycles. The van der Waals surface area contributed by atoms with Crippen LogP contribution in [0.5, 0.6) is 0 Å². The molecule has 1 aliphatic heterocycles. The largest absolute Gasteiger partial charge is 0.756 e. The lowest BCUT2D eigenvalue weighted by atomic mass is 9.87. The number of quaternary nitrogens is 1. The van der Waals surface area contributed by atoms with Crippen LogP contribution in [0.4, 0.5) is 0 Å². The number of aliphatic hydroxyl groups excluding tert-OH is 3. The average Bonchev–Trinajstić information content (AvgIpc) is 3.20. The Morgan fingerprint density at radius 1 is 0.758 bits per heavy atom. The Morgan fingerprint density at radius 3 is 1.89 bits per heavy atom. The van der Waals surface area contributed by atoms with Crippen molar-refractivity contribution in [3.63, 3.8) is 0 Å². The van der Waals surface area contributed by atoms with Gasteiger partial charge in [0.2, 0.25) is 0 Å². The molecule has 3 N–H and O–H groups in total. The second kappa shape index (κ2) is 36.5. The van der Waals surface area contributed by atoms with E-state index in [4.69, 9.17) is 23.3 Å². The van der Waals surface area contributed by atoms with E-state index in [2.05, 4.69) is 13.8 Å². The van der Waals surface area contributed by atoms with E-state index in [-0.39, 0.29) is 38.4 Å². The number of rotatable bonds is 40. The average molecular weight is 904 g/mol. The zero-order valence-electron chi connectivity index (χ0n) is 39.6. The van der Waals surface area contributed by atoms with Crippen molar-refractivity contribution in [2.45, 2.75) is 218 Å². The molecular formula is C48H90NO12P. The van der Waals surface area contributed by atoms with E-state index in [1.165, 1.54) is 83.5 Å². The van der Waals surface area contributed by atoms with Crippen LogP contribution < -0.4 is 4.89 Å².